The van der Waals surface area contributed by atoms with Crippen molar-refractivity contribution in [1.29, 1.82) is 0 Å². The minimum absolute atomic E-state index is 0.118. The maximum Gasteiger partial charge on any atom is 0.417 e. The van der Waals surface area contributed by atoms with E-state index in [1.165, 1.54) is 18.2 Å². The second-order valence-electron chi connectivity index (χ2n) is 5.37. The smallest absolute Gasteiger partial charge is 0.417 e. The van der Waals surface area contributed by atoms with Crippen molar-refractivity contribution in [2.45, 2.75) is 6.18 Å². The summed E-state index contributed by atoms with van der Waals surface area (Å²) in [4.78, 5) is 11.4. The van der Waals surface area contributed by atoms with E-state index in [2.05, 4.69) is 10.6 Å². The van der Waals surface area contributed by atoms with Crippen LogP contribution in [0.5, 0.6) is 0 Å². The number of nitrogens with one attached hydrogen (secondary N) is 2. The summed E-state index contributed by atoms with van der Waals surface area (Å²) in [6, 6.07) is 9.17. The van der Waals surface area contributed by atoms with Gasteiger partial charge in [-0.3, -0.25) is 0 Å². The van der Waals surface area contributed by atoms with Crippen LogP contribution < -0.4 is 16.3 Å². The minimum Gasteiger partial charge on any atom is -0.423 e. The summed E-state index contributed by atoms with van der Waals surface area (Å²) in [6.07, 6.45) is -4.68. The fourth-order valence-electron chi connectivity index (χ4n) is 2.36. The molecule has 2 N–H and O–H groups in total. The highest BCUT2D eigenvalue weighted by Gasteiger charge is 2.33. The fourth-order valence-corrected chi connectivity index (χ4v) is 2.94. The minimum atomic E-state index is -4.68. The molecule has 0 radical (unpaired) electrons. The Bertz CT molecular complexity index is 1100. The van der Waals surface area contributed by atoms with Crippen LogP contribution in [0.15, 0.2) is 51.7 Å². The lowest BCUT2D eigenvalue weighted by Gasteiger charge is -2.13. The Morgan fingerprint density at radius 3 is 2.52 bits per heavy atom. The van der Waals surface area contributed by atoms with Crippen LogP contribution in [0.2, 0.25) is 10.0 Å². The molecule has 1 heterocycles. The molecule has 140 valence electrons. The van der Waals surface area contributed by atoms with Crippen molar-refractivity contribution < 1.29 is 17.6 Å². The fraction of sp³-hybridized carbons (Fsp3) is 0.0588. The van der Waals surface area contributed by atoms with Crippen LogP contribution in [-0.4, -0.2) is 5.11 Å². The molecule has 0 bridgehead atoms. The third-order valence-electron chi connectivity index (χ3n) is 3.51. The van der Waals surface area contributed by atoms with Gasteiger partial charge >= 0.3 is 11.8 Å². The Balaban J connectivity index is 1.88. The Labute approximate surface area is 165 Å². The highest BCUT2D eigenvalue weighted by molar-refractivity contribution is 7.80. The molecule has 0 spiro atoms. The van der Waals surface area contributed by atoms with Gasteiger partial charge in [-0.05, 0) is 36.5 Å². The van der Waals surface area contributed by atoms with Crippen molar-refractivity contribution in [3.8, 4) is 0 Å². The molecule has 0 amide bonds. The number of fused-ring (bicyclic) bond motifs is 1. The molecular weight excluding hydrogens is 424 g/mol. The zero-order valence-corrected chi connectivity index (χ0v) is 15.5. The number of hydrogen-bond donors (Lipinski definition) is 2. The lowest BCUT2D eigenvalue weighted by atomic mass is 10.1. The molecule has 0 aliphatic heterocycles. The van der Waals surface area contributed by atoms with Gasteiger partial charge in [-0.15, -0.1) is 0 Å². The monoisotopic (exact) mass is 432 g/mol. The summed E-state index contributed by atoms with van der Waals surface area (Å²) in [5, 5.41) is 6.09. The number of benzene rings is 2. The third kappa shape index (κ3) is 4.35. The predicted octanol–water partition coefficient (Wildman–Crippen LogP) is 5.93. The van der Waals surface area contributed by atoms with Gasteiger partial charge in [0, 0.05) is 23.2 Å². The first-order valence-corrected chi connectivity index (χ1v) is 8.48. The summed E-state index contributed by atoms with van der Waals surface area (Å²) in [7, 11) is 0. The van der Waals surface area contributed by atoms with Gasteiger partial charge in [-0.2, -0.15) is 13.2 Å². The van der Waals surface area contributed by atoms with Gasteiger partial charge < -0.3 is 15.1 Å². The zero-order valence-electron chi connectivity index (χ0n) is 13.2. The highest BCUT2D eigenvalue weighted by Crippen LogP contribution is 2.34. The van der Waals surface area contributed by atoms with E-state index in [0.29, 0.717) is 22.5 Å². The van der Waals surface area contributed by atoms with Crippen LogP contribution in [0.1, 0.15) is 5.56 Å². The van der Waals surface area contributed by atoms with Crippen molar-refractivity contribution in [3.63, 3.8) is 0 Å². The van der Waals surface area contributed by atoms with Crippen LogP contribution in [-0.2, 0) is 6.18 Å². The number of anilines is 2. The molecule has 3 aromatic rings. The van der Waals surface area contributed by atoms with E-state index in [-0.39, 0.29) is 21.1 Å². The maximum atomic E-state index is 13.1. The Morgan fingerprint density at radius 1 is 1.07 bits per heavy atom. The molecule has 0 saturated carbocycles. The summed E-state index contributed by atoms with van der Waals surface area (Å²) in [6.45, 7) is 0. The molecule has 0 fully saturated rings. The molecule has 0 aliphatic carbocycles. The van der Waals surface area contributed by atoms with Crippen LogP contribution >= 0.6 is 35.4 Å². The van der Waals surface area contributed by atoms with Gasteiger partial charge in [0.2, 0.25) is 0 Å². The first-order valence-electron chi connectivity index (χ1n) is 7.32. The van der Waals surface area contributed by atoms with E-state index in [1.54, 1.807) is 18.2 Å². The van der Waals surface area contributed by atoms with Crippen LogP contribution in [0, 0.1) is 0 Å². The van der Waals surface area contributed by atoms with Crippen LogP contribution in [0.25, 0.3) is 11.0 Å². The molecule has 10 heteroatoms. The summed E-state index contributed by atoms with van der Waals surface area (Å²) < 4.78 is 44.1. The SMILES string of the molecule is O=c1cc(C(F)(F)F)c2ccc(NC(=S)Nc3cccc(Cl)c3Cl)cc2o1. The number of thiocarbonyl (C=S) groups is 1. The number of rotatable bonds is 2. The average molecular weight is 433 g/mol. The largest absolute Gasteiger partial charge is 0.423 e. The molecule has 3 rings (SSSR count). The zero-order chi connectivity index (χ0) is 19.8. The molecular formula is C17H9Cl2F3N2O2S. The van der Waals surface area contributed by atoms with E-state index in [1.807, 2.05) is 0 Å². The van der Waals surface area contributed by atoms with Crippen molar-refractivity contribution in [3.05, 3.63) is 68.5 Å². The first-order chi connectivity index (χ1) is 12.6. The standard InChI is InChI=1S/C17H9Cl2F3N2O2S/c18-11-2-1-3-12(15(11)19)24-16(27)23-8-4-5-9-10(17(20,21)22)7-14(25)26-13(9)6-8/h1-7H,(H2,23,24,27). The second kappa shape index (κ2) is 7.38. The Morgan fingerprint density at radius 2 is 1.81 bits per heavy atom. The molecule has 0 saturated heterocycles. The van der Waals surface area contributed by atoms with Gasteiger partial charge in [0.15, 0.2) is 5.11 Å². The molecule has 0 unspecified atom stereocenters. The van der Waals surface area contributed by atoms with Crippen LogP contribution in [0.3, 0.4) is 0 Å². The average Bonchev–Trinajstić information content (AvgIpc) is 2.57. The van der Waals surface area contributed by atoms with Gasteiger partial charge in [0.05, 0.1) is 21.3 Å². The quantitative estimate of drug-likeness (QED) is 0.388. The van der Waals surface area contributed by atoms with Gasteiger partial charge in [-0.1, -0.05) is 29.3 Å². The third-order valence-corrected chi connectivity index (χ3v) is 4.53. The summed E-state index contributed by atoms with van der Waals surface area (Å²) in [5.41, 5.74) is -1.61. The molecule has 1 aromatic heterocycles. The van der Waals surface area contributed by atoms with Crippen LogP contribution in [0.4, 0.5) is 24.5 Å². The Kier molecular flexibility index (Phi) is 5.32. The maximum absolute atomic E-state index is 13.1. The normalized spacial score (nSPS) is 11.4. The molecule has 0 atom stereocenters. The number of halogens is 5. The highest BCUT2D eigenvalue weighted by atomic mass is 35.5. The molecule has 4 nitrogen and oxygen atoms in total. The molecule has 0 aliphatic rings. The lowest BCUT2D eigenvalue weighted by Crippen LogP contribution is -2.19. The van der Waals surface area contributed by atoms with E-state index in [0.717, 1.165) is 0 Å². The lowest BCUT2D eigenvalue weighted by molar-refractivity contribution is -0.136. The van der Waals surface area contributed by atoms with E-state index >= 15 is 0 Å². The van der Waals surface area contributed by atoms with Crippen molar-refractivity contribution in [1.82, 2.24) is 0 Å². The van der Waals surface area contributed by atoms with Crippen molar-refractivity contribution in [2.24, 2.45) is 0 Å². The van der Waals surface area contributed by atoms with Crippen molar-refractivity contribution >= 4 is 62.9 Å². The van der Waals surface area contributed by atoms with E-state index in [9.17, 15) is 18.0 Å². The molecule has 27 heavy (non-hydrogen) atoms. The van der Waals surface area contributed by atoms with Crippen molar-refractivity contribution in [2.75, 3.05) is 10.6 Å². The number of hydrogen-bond acceptors (Lipinski definition) is 3. The summed E-state index contributed by atoms with van der Waals surface area (Å²) in [5.74, 6) is 0. The summed E-state index contributed by atoms with van der Waals surface area (Å²) >= 11 is 17.1. The predicted molar refractivity (Wildman–Crippen MR) is 104 cm³/mol. The molecule has 2 aromatic carbocycles. The van der Waals surface area contributed by atoms with Gasteiger partial charge in [0.25, 0.3) is 0 Å². The Hall–Kier alpha value is -2.29. The topological polar surface area (TPSA) is 54.3 Å². The van der Waals surface area contributed by atoms with E-state index in [4.69, 9.17) is 39.8 Å². The first kappa shape index (κ1) is 19.5. The van der Waals surface area contributed by atoms with Gasteiger partial charge in [-0.25, -0.2) is 4.79 Å². The van der Waals surface area contributed by atoms with E-state index < -0.39 is 17.4 Å². The van der Waals surface area contributed by atoms with Gasteiger partial charge in [0.1, 0.15) is 5.58 Å². The second-order valence-corrected chi connectivity index (χ2v) is 6.56. The number of alkyl halides is 3.